The summed E-state index contributed by atoms with van der Waals surface area (Å²) in [6.45, 7) is 5.61. The molecule has 0 amide bonds. The van der Waals surface area contributed by atoms with Crippen molar-refractivity contribution < 1.29 is 14.4 Å². The minimum Gasteiger partial charge on any atom is -0.497 e. The number of aromatic amines is 1. The maximum Gasteiger partial charge on any atom is 0.219 e. The average Bonchev–Trinajstić information content (AvgIpc) is 3.12. The van der Waals surface area contributed by atoms with Crippen LogP contribution in [0.4, 0.5) is 5.69 Å². The van der Waals surface area contributed by atoms with Gasteiger partial charge >= 0.3 is 0 Å². The number of hydrogen-bond donors (Lipinski definition) is 2. The monoisotopic (exact) mass is 364 g/mol. The zero-order valence-corrected chi connectivity index (χ0v) is 15.9. The highest BCUT2D eigenvalue weighted by Crippen LogP contribution is 2.23. The van der Waals surface area contributed by atoms with Crippen LogP contribution in [0.25, 0.3) is 10.9 Å². The summed E-state index contributed by atoms with van der Waals surface area (Å²) < 4.78 is 5.35. The summed E-state index contributed by atoms with van der Waals surface area (Å²) in [5.41, 5.74) is 3.01. The van der Waals surface area contributed by atoms with E-state index in [1.54, 1.807) is 7.11 Å². The van der Waals surface area contributed by atoms with Gasteiger partial charge < -0.3 is 19.5 Å². The van der Waals surface area contributed by atoms with Crippen molar-refractivity contribution in [3.63, 3.8) is 0 Å². The van der Waals surface area contributed by atoms with Crippen molar-refractivity contribution in [2.75, 3.05) is 38.2 Å². The van der Waals surface area contributed by atoms with Crippen LogP contribution in [0.3, 0.4) is 0 Å². The number of carbonyl (C=O) groups is 1. The Morgan fingerprint density at radius 1 is 1.26 bits per heavy atom. The fraction of sp³-hybridized carbons (Fsp3) is 0.318. The maximum atomic E-state index is 12.9. The molecule has 140 valence electrons. The third-order valence-corrected chi connectivity index (χ3v) is 5.51. The highest BCUT2D eigenvalue weighted by Gasteiger charge is 2.29. The molecular formula is C22H26N3O2+. The van der Waals surface area contributed by atoms with Gasteiger partial charge in [-0.2, -0.15) is 0 Å². The highest BCUT2D eigenvalue weighted by molar-refractivity contribution is 6.08. The topological polar surface area (TPSA) is 49.8 Å². The molecule has 3 aromatic rings. The summed E-state index contributed by atoms with van der Waals surface area (Å²) in [6.07, 6.45) is 1.85. The van der Waals surface area contributed by atoms with Crippen LogP contribution in [0.2, 0.25) is 0 Å². The number of rotatable bonds is 5. The Labute approximate surface area is 159 Å². The number of para-hydroxylation sites is 1. The summed E-state index contributed by atoms with van der Waals surface area (Å²) in [4.78, 5) is 19.8. The molecule has 1 aromatic heterocycles. The van der Waals surface area contributed by atoms with Crippen LogP contribution in [0.1, 0.15) is 17.3 Å². The summed E-state index contributed by atoms with van der Waals surface area (Å²) in [5.74, 6) is 1.09. The Balaban J connectivity index is 1.43. The number of Topliss-reactive ketones (excluding diaryl/α,β-unsaturated/α-hetero) is 1. The van der Waals surface area contributed by atoms with E-state index in [1.807, 2.05) is 42.6 Å². The number of ether oxygens (including phenoxy) is 1. The molecule has 4 rings (SSSR count). The first kappa shape index (κ1) is 17.6. The van der Waals surface area contributed by atoms with Crippen molar-refractivity contribution in [2.45, 2.75) is 13.0 Å². The normalized spacial score (nSPS) is 20.0. The van der Waals surface area contributed by atoms with Crippen molar-refractivity contribution in [3.8, 4) is 5.75 Å². The van der Waals surface area contributed by atoms with E-state index in [1.165, 1.54) is 10.6 Å². The first-order chi connectivity index (χ1) is 13.2. The Morgan fingerprint density at radius 2 is 2.11 bits per heavy atom. The third kappa shape index (κ3) is 3.55. The second-order valence-corrected chi connectivity index (χ2v) is 7.30. The van der Waals surface area contributed by atoms with Crippen LogP contribution in [-0.2, 0) is 0 Å². The van der Waals surface area contributed by atoms with Gasteiger partial charge in [-0.15, -0.1) is 0 Å². The van der Waals surface area contributed by atoms with E-state index >= 15 is 0 Å². The number of hydrogen-bond acceptors (Lipinski definition) is 3. The zero-order chi connectivity index (χ0) is 18.8. The Bertz CT molecular complexity index is 949. The van der Waals surface area contributed by atoms with Crippen molar-refractivity contribution in [3.05, 3.63) is 60.3 Å². The number of nitrogens with one attached hydrogen (secondary N) is 2. The molecule has 5 nitrogen and oxygen atoms in total. The SMILES string of the molecule is COc1cccc(N2CC[NH+](CC(=O)c3c[nH]c4ccccc34)C[C@@H]2C)c1. The predicted octanol–water partition coefficient (Wildman–Crippen LogP) is 2.15. The van der Waals surface area contributed by atoms with Crippen LogP contribution in [-0.4, -0.2) is 50.1 Å². The molecule has 2 atom stereocenters. The van der Waals surface area contributed by atoms with Gasteiger partial charge in [-0.25, -0.2) is 0 Å². The number of ketones is 1. The Morgan fingerprint density at radius 3 is 2.93 bits per heavy atom. The molecule has 0 aliphatic carbocycles. The fourth-order valence-corrected chi connectivity index (χ4v) is 4.09. The molecule has 1 aliphatic rings. The molecule has 0 radical (unpaired) electrons. The minimum absolute atomic E-state index is 0.212. The lowest BCUT2D eigenvalue weighted by Crippen LogP contribution is -3.16. The van der Waals surface area contributed by atoms with E-state index in [0.29, 0.717) is 12.6 Å². The Hall–Kier alpha value is -2.79. The maximum absolute atomic E-state index is 12.9. The molecule has 1 saturated heterocycles. The molecular weight excluding hydrogens is 338 g/mol. The number of quaternary nitrogens is 1. The van der Waals surface area contributed by atoms with Gasteiger partial charge in [0.05, 0.1) is 32.8 Å². The summed E-state index contributed by atoms with van der Waals surface area (Å²) in [7, 11) is 1.70. The third-order valence-electron chi connectivity index (χ3n) is 5.51. The van der Waals surface area contributed by atoms with Gasteiger partial charge in [0.2, 0.25) is 5.78 Å². The van der Waals surface area contributed by atoms with Crippen molar-refractivity contribution in [2.24, 2.45) is 0 Å². The van der Waals surface area contributed by atoms with Crippen LogP contribution in [0, 0.1) is 0 Å². The molecule has 0 saturated carbocycles. The number of methoxy groups -OCH3 is 1. The largest absolute Gasteiger partial charge is 0.497 e. The predicted molar refractivity (Wildman–Crippen MR) is 108 cm³/mol. The smallest absolute Gasteiger partial charge is 0.219 e. The highest BCUT2D eigenvalue weighted by atomic mass is 16.5. The van der Waals surface area contributed by atoms with E-state index in [-0.39, 0.29) is 5.78 Å². The molecule has 2 N–H and O–H groups in total. The standard InChI is InChI=1S/C22H25N3O2/c1-16-14-24(10-11-25(16)17-6-5-7-18(12-17)27-2)15-22(26)20-13-23-21-9-4-3-8-19(20)21/h3-9,12-13,16,23H,10-11,14-15H2,1-2H3/p+1/t16-/m0/s1. The van der Waals surface area contributed by atoms with E-state index in [0.717, 1.165) is 41.9 Å². The van der Waals surface area contributed by atoms with Gasteiger partial charge in [0.25, 0.3) is 0 Å². The van der Waals surface area contributed by atoms with Gasteiger partial charge in [-0.3, -0.25) is 4.79 Å². The lowest BCUT2D eigenvalue weighted by atomic mass is 10.1. The van der Waals surface area contributed by atoms with Crippen molar-refractivity contribution >= 4 is 22.4 Å². The molecule has 5 heteroatoms. The fourth-order valence-electron chi connectivity index (χ4n) is 4.09. The van der Waals surface area contributed by atoms with Gasteiger partial charge in [-0.1, -0.05) is 24.3 Å². The lowest BCUT2D eigenvalue weighted by Gasteiger charge is -2.38. The summed E-state index contributed by atoms with van der Waals surface area (Å²) in [6, 6.07) is 16.6. The minimum atomic E-state index is 0.212. The molecule has 0 bridgehead atoms. The molecule has 2 aromatic carbocycles. The molecule has 1 fully saturated rings. The number of aromatic nitrogens is 1. The number of anilines is 1. The summed E-state index contributed by atoms with van der Waals surface area (Å²) >= 11 is 0. The number of benzene rings is 2. The van der Waals surface area contributed by atoms with Crippen molar-refractivity contribution in [1.29, 1.82) is 0 Å². The van der Waals surface area contributed by atoms with Crippen LogP contribution in [0.5, 0.6) is 5.75 Å². The van der Waals surface area contributed by atoms with E-state index in [4.69, 9.17) is 4.74 Å². The number of H-pyrrole nitrogens is 1. The number of nitrogens with zero attached hydrogens (tertiary/aromatic N) is 1. The quantitative estimate of drug-likeness (QED) is 0.682. The zero-order valence-electron chi connectivity index (χ0n) is 15.9. The average molecular weight is 364 g/mol. The van der Waals surface area contributed by atoms with Crippen LogP contribution in [0.15, 0.2) is 54.7 Å². The first-order valence-electron chi connectivity index (χ1n) is 9.49. The lowest BCUT2D eigenvalue weighted by molar-refractivity contribution is -0.894. The van der Waals surface area contributed by atoms with Crippen molar-refractivity contribution in [1.82, 2.24) is 4.98 Å². The molecule has 1 aliphatic heterocycles. The van der Waals surface area contributed by atoms with E-state index in [9.17, 15) is 4.79 Å². The number of fused-ring (bicyclic) bond motifs is 1. The number of piperazine rings is 1. The second kappa shape index (κ2) is 7.45. The van der Waals surface area contributed by atoms with Gasteiger partial charge in [0.1, 0.15) is 12.3 Å². The van der Waals surface area contributed by atoms with E-state index in [2.05, 4.69) is 28.9 Å². The van der Waals surface area contributed by atoms with Crippen LogP contribution < -0.4 is 14.5 Å². The second-order valence-electron chi connectivity index (χ2n) is 7.30. The molecule has 2 heterocycles. The number of carbonyl (C=O) groups excluding carboxylic acids is 1. The van der Waals surface area contributed by atoms with E-state index < -0.39 is 0 Å². The molecule has 1 unspecified atom stereocenters. The Kier molecular flexibility index (Phi) is 4.86. The summed E-state index contributed by atoms with van der Waals surface area (Å²) in [5, 5.41) is 1.02. The molecule has 27 heavy (non-hydrogen) atoms. The van der Waals surface area contributed by atoms with Gasteiger partial charge in [-0.05, 0) is 25.1 Å². The van der Waals surface area contributed by atoms with Gasteiger partial charge in [0.15, 0.2) is 0 Å². The van der Waals surface area contributed by atoms with Crippen LogP contribution >= 0.6 is 0 Å². The van der Waals surface area contributed by atoms with Gasteiger partial charge in [0, 0.05) is 34.4 Å². The molecule has 0 spiro atoms. The first-order valence-corrected chi connectivity index (χ1v) is 9.49.